The van der Waals surface area contributed by atoms with Crippen LogP contribution in [0.2, 0.25) is 0 Å². The Hall–Kier alpha value is -3.38. The number of aromatic hydroxyl groups is 1. The van der Waals surface area contributed by atoms with Gasteiger partial charge in [-0.3, -0.25) is 4.79 Å². The van der Waals surface area contributed by atoms with Crippen molar-refractivity contribution in [2.75, 3.05) is 43.4 Å². The Bertz CT molecular complexity index is 844. The van der Waals surface area contributed by atoms with Crippen molar-refractivity contribution in [2.45, 2.75) is 6.54 Å². The Labute approximate surface area is 157 Å². The fourth-order valence-electron chi connectivity index (χ4n) is 2.70. The molecule has 0 atom stereocenters. The van der Waals surface area contributed by atoms with Crippen LogP contribution in [0.5, 0.6) is 5.75 Å². The van der Waals surface area contributed by atoms with Gasteiger partial charge in [0.25, 0.3) is 0 Å². The van der Waals surface area contributed by atoms with E-state index in [2.05, 4.69) is 25.9 Å². The number of aromatic nitrogens is 2. The van der Waals surface area contributed by atoms with Crippen molar-refractivity contribution in [3.63, 3.8) is 0 Å². The summed E-state index contributed by atoms with van der Waals surface area (Å²) in [5.41, 5.74) is 0.963. The molecule has 0 aliphatic carbocycles. The second kappa shape index (κ2) is 8.82. The maximum absolute atomic E-state index is 12.3. The zero-order valence-electron chi connectivity index (χ0n) is 14.8. The molecule has 140 valence electrons. The quantitative estimate of drug-likeness (QED) is 0.582. The molecule has 9 nitrogen and oxygen atoms in total. The number of amides is 1. The fraction of sp³-hybridized carbons (Fsp3) is 0.333. The summed E-state index contributed by atoms with van der Waals surface area (Å²) in [5, 5.41) is 28.2. The number of piperazine rings is 1. The Morgan fingerprint density at radius 2 is 2.07 bits per heavy atom. The predicted octanol–water partition coefficient (Wildman–Crippen LogP) is 0.510. The van der Waals surface area contributed by atoms with Crippen LogP contribution >= 0.6 is 0 Å². The fourth-order valence-corrected chi connectivity index (χ4v) is 2.70. The largest absolute Gasteiger partial charge is 0.508 e. The molecule has 2 heterocycles. The molecule has 0 radical (unpaired) electrons. The van der Waals surface area contributed by atoms with E-state index in [4.69, 9.17) is 0 Å². The molecular formula is C18H21N7O2. The normalized spacial score (nSPS) is 13.7. The SMILES string of the molecule is N#Cc1cnc(NCc2ccccc2O)nc1NCC(=O)N1CCNCC1. The molecule has 1 aromatic carbocycles. The van der Waals surface area contributed by atoms with Crippen molar-refractivity contribution in [2.24, 2.45) is 0 Å². The smallest absolute Gasteiger partial charge is 0.242 e. The van der Waals surface area contributed by atoms with E-state index in [9.17, 15) is 15.2 Å². The maximum Gasteiger partial charge on any atom is 0.242 e. The van der Waals surface area contributed by atoms with E-state index < -0.39 is 0 Å². The zero-order chi connectivity index (χ0) is 19.1. The van der Waals surface area contributed by atoms with Gasteiger partial charge in [-0.1, -0.05) is 18.2 Å². The van der Waals surface area contributed by atoms with Gasteiger partial charge in [-0.15, -0.1) is 0 Å². The molecule has 0 unspecified atom stereocenters. The highest BCUT2D eigenvalue weighted by Gasteiger charge is 2.17. The molecule has 1 aliphatic heterocycles. The van der Waals surface area contributed by atoms with Crippen molar-refractivity contribution >= 4 is 17.7 Å². The second-order valence-corrected chi connectivity index (χ2v) is 6.03. The molecule has 0 bridgehead atoms. The number of benzene rings is 1. The van der Waals surface area contributed by atoms with Gasteiger partial charge in [0, 0.05) is 38.3 Å². The molecule has 27 heavy (non-hydrogen) atoms. The van der Waals surface area contributed by atoms with Crippen molar-refractivity contribution < 1.29 is 9.90 Å². The average molecular weight is 367 g/mol. The monoisotopic (exact) mass is 367 g/mol. The number of nitrogens with one attached hydrogen (secondary N) is 3. The Morgan fingerprint density at radius 1 is 1.30 bits per heavy atom. The minimum absolute atomic E-state index is 0.0391. The molecular weight excluding hydrogens is 346 g/mol. The van der Waals surface area contributed by atoms with E-state index in [0.29, 0.717) is 37.0 Å². The van der Waals surface area contributed by atoms with E-state index >= 15 is 0 Å². The lowest BCUT2D eigenvalue weighted by atomic mass is 10.2. The lowest BCUT2D eigenvalue weighted by molar-refractivity contribution is -0.129. The van der Waals surface area contributed by atoms with Crippen LogP contribution in [0.25, 0.3) is 0 Å². The number of nitriles is 1. The van der Waals surface area contributed by atoms with Gasteiger partial charge in [-0.25, -0.2) is 4.98 Å². The Balaban J connectivity index is 1.63. The topological polar surface area (TPSA) is 126 Å². The summed E-state index contributed by atoms with van der Waals surface area (Å²) in [6.07, 6.45) is 1.40. The molecule has 0 spiro atoms. The van der Waals surface area contributed by atoms with Gasteiger partial charge in [0.15, 0.2) is 0 Å². The average Bonchev–Trinajstić information content (AvgIpc) is 2.72. The highest BCUT2D eigenvalue weighted by molar-refractivity contribution is 5.81. The standard InChI is InChI=1S/C18H21N7O2/c19-9-14-11-23-18(22-10-13-3-1-2-4-15(13)26)24-17(14)21-12-16(27)25-7-5-20-6-8-25/h1-4,11,20,26H,5-8,10,12H2,(H2,21,22,23,24). The molecule has 0 saturated carbocycles. The molecule has 1 aromatic heterocycles. The lowest BCUT2D eigenvalue weighted by Gasteiger charge is -2.27. The van der Waals surface area contributed by atoms with Crippen molar-refractivity contribution in [3.8, 4) is 11.8 Å². The second-order valence-electron chi connectivity index (χ2n) is 6.03. The molecule has 9 heteroatoms. The lowest BCUT2D eigenvalue weighted by Crippen LogP contribution is -2.48. The number of hydrogen-bond donors (Lipinski definition) is 4. The van der Waals surface area contributed by atoms with E-state index in [1.807, 2.05) is 12.1 Å². The minimum Gasteiger partial charge on any atom is -0.508 e. The van der Waals surface area contributed by atoms with Gasteiger partial charge in [-0.05, 0) is 6.07 Å². The summed E-state index contributed by atoms with van der Waals surface area (Å²) in [4.78, 5) is 22.4. The van der Waals surface area contributed by atoms with E-state index in [-0.39, 0.29) is 23.8 Å². The van der Waals surface area contributed by atoms with Gasteiger partial charge < -0.3 is 26.0 Å². The molecule has 1 fully saturated rings. The summed E-state index contributed by atoms with van der Waals surface area (Å²) in [5.74, 6) is 0.742. The Kier molecular flexibility index (Phi) is 6.02. The molecule has 4 N–H and O–H groups in total. The van der Waals surface area contributed by atoms with Crippen LogP contribution < -0.4 is 16.0 Å². The zero-order valence-corrected chi connectivity index (χ0v) is 14.8. The first-order valence-corrected chi connectivity index (χ1v) is 8.67. The van der Waals surface area contributed by atoms with Gasteiger partial charge in [-0.2, -0.15) is 10.2 Å². The Morgan fingerprint density at radius 3 is 2.81 bits per heavy atom. The van der Waals surface area contributed by atoms with Gasteiger partial charge in [0.2, 0.25) is 11.9 Å². The summed E-state index contributed by atoms with van der Waals surface area (Å²) in [7, 11) is 0. The van der Waals surface area contributed by atoms with Crippen molar-refractivity contribution in [3.05, 3.63) is 41.6 Å². The van der Waals surface area contributed by atoms with Crippen LogP contribution in [0, 0.1) is 11.3 Å². The minimum atomic E-state index is -0.0391. The van der Waals surface area contributed by atoms with Crippen LogP contribution in [0.3, 0.4) is 0 Å². The van der Waals surface area contributed by atoms with Gasteiger partial charge in [0.05, 0.1) is 12.7 Å². The van der Waals surface area contributed by atoms with Crippen molar-refractivity contribution in [1.82, 2.24) is 20.2 Å². The number of rotatable bonds is 6. The molecule has 2 aromatic rings. The molecule has 1 saturated heterocycles. The number of phenols is 1. The van der Waals surface area contributed by atoms with E-state index in [1.165, 1.54) is 6.20 Å². The third-order valence-electron chi connectivity index (χ3n) is 4.21. The van der Waals surface area contributed by atoms with E-state index in [1.54, 1.807) is 23.1 Å². The number of hydrogen-bond acceptors (Lipinski definition) is 8. The van der Waals surface area contributed by atoms with Gasteiger partial charge >= 0.3 is 0 Å². The van der Waals surface area contributed by atoms with E-state index in [0.717, 1.165) is 13.1 Å². The molecule has 1 amide bonds. The van der Waals surface area contributed by atoms with Crippen LogP contribution in [0.4, 0.5) is 11.8 Å². The number of carbonyl (C=O) groups excluding carboxylic acids is 1. The predicted molar refractivity (Wildman–Crippen MR) is 100 cm³/mol. The number of anilines is 2. The number of nitrogens with zero attached hydrogens (tertiary/aromatic N) is 4. The summed E-state index contributed by atoms with van der Waals surface area (Å²) in [6, 6.07) is 8.98. The van der Waals surface area contributed by atoms with Crippen LogP contribution in [-0.4, -0.2) is 58.6 Å². The third-order valence-corrected chi connectivity index (χ3v) is 4.21. The van der Waals surface area contributed by atoms with Crippen LogP contribution in [0.15, 0.2) is 30.5 Å². The first-order valence-electron chi connectivity index (χ1n) is 8.67. The molecule has 3 rings (SSSR count). The summed E-state index contributed by atoms with van der Waals surface area (Å²) < 4.78 is 0. The van der Waals surface area contributed by atoms with Gasteiger partial charge in [0.1, 0.15) is 23.2 Å². The summed E-state index contributed by atoms with van der Waals surface area (Å²) >= 11 is 0. The van der Waals surface area contributed by atoms with Crippen molar-refractivity contribution in [1.29, 1.82) is 5.26 Å². The number of para-hydroxylation sites is 1. The van der Waals surface area contributed by atoms with Crippen LogP contribution in [0.1, 0.15) is 11.1 Å². The molecule has 1 aliphatic rings. The maximum atomic E-state index is 12.3. The first-order chi connectivity index (χ1) is 13.2. The third kappa shape index (κ3) is 4.83. The summed E-state index contributed by atoms with van der Waals surface area (Å²) in [6.45, 7) is 3.29. The first kappa shape index (κ1) is 18.4. The highest BCUT2D eigenvalue weighted by atomic mass is 16.3. The number of phenolic OH excluding ortho intramolecular Hbond substituents is 1. The highest BCUT2D eigenvalue weighted by Crippen LogP contribution is 2.18. The van der Waals surface area contributed by atoms with Crippen LogP contribution in [-0.2, 0) is 11.3 Å². The number of carbonyl (C=O) groups is 1.